The molecule has 0 saturated heterocycles. The Labute approximate surface area is 120 Å². The first-order valence-electron chi connectivity index (χ1n) is 6.30. The maximum Gasteiger partial charge on any atom is 0.258 e. The van der Waals surface area contributed by atoms with Gasteiger partial charge in [-0.25, -0.2) is 4.98 Å². The van der Waals surface area contributed by atoms with Crippen LogP contribution in [0.25, 0.3) is 4.96 Å². The van der Waals surface area contributed by atoms with E-state index in [9.17, 15) is 4.79 Å². The van der Waals surface area contributed by atoms with E-state index >= 15 is 0 Å². The fourth-order valence-corrected chi connectivity index (χ4v) is 2.84. The summed E-state index contributed by atoms with van der Waals surface area (Å²) >= 11 is 1.50. The summed E-state index contributed by atoms with van der Waals surface area (Å²) in [5.41, 5.74) is 1.72. The molecule has 0 aliphatic heterocycles. The predicted molar refractivity (Wildman–Crippen MR) is 79.6 cm³/mol. The zero-order valence-corrected chi connectivity index (χ0v) is 12.1. The van der Waals surface area contributed by atoms with Crippen LogP contribution in [-0.2, 0) is 6.61 Å². The van der Waals surface area contributed by atoms with Crippen LogP contribution in [0.15, 0.2) is 41.3 Å². The largest absolute Gasteiger partial charge is 0.487 e. The van der Waals surface area contributed by atoms with Crippen LogP contribution >= 0.6 is 11.3 Å². The minimum absolute atomic E-state index is 0.0674. The summed E-state index contributed by atoms with van der Waals surface area (Å²) < 4.78 is 7.24. The van der Waals surface area contributed by atoms with E-state index in [1.807, 2.05) is 38.1 Å². The van der Waals surface area contributed by atoms with Crippen molar-refractivity contribution in [2.45, 2.75) is 20.5 Å². The van der Waals surface area contributed by atoms with Gasteiger partial charge in [-0.1, -0.05) is 12.1 Å². The molecule has 1 aromatic carbocycles. The summed E-state index contributed by atoms with van der Waals surface area (Å²) in [4.78, 5) is 18.2. The Bertz CT molecular complexity index is 820. The minimum Gasteiger partial charge on any atom is -0.487 e. The number of hydrogen-bond donors (Lipinski definition) is 0. The molecule has 2 heterocycles. The highest BCUT2D eigenvalue weighted by Crippen LogP contribution is 2.16. The van der Waals surface area contributed by atoms with Crippen molar-refractivity contribution in [1.82, 2.24) is 9.38 Å². The van der Waals surface area contributed by atoms with Crippen molar-refractivity contribution in [3.05, 3.63) is 63.0 Å². The van der Waals surface area contributed by atoms with Gasteiger partial charge >= 0.3 is 0 Å². The highest BCUT2D eigenvalue weighted by molar-refractivity contribution is 7.16. The first kappa shape index (κ1) is 12.9. The number of aromatic nitrogens is 2. The molecule has 0 saturated carbocycles. The molecule has 0 N–H and O–H groups in total. The Balaban J connectivity index is 1.86. The molecule has 102 valence electrons. The molecule has 0 radical (unpaired) electrons. The topological polar surface area (TPSA) is 43.6 Å². The number of rotatable bonds is 3. The molecule has 3 rings (SSSR count). The van der Waals surface area contributed by atoms with Gasteiger partial charge in [-0.3, -0.25) is 9.20 Å². The lowest BCUT2D eigenvalue weighted by Gasteiger charge is -2.06. The molecule has 0 aliphatic carbocycles. The van der Waals surface area contributed by atoms with Crippen molar-refractivity contribution in [2.24, 2.45) is 0 Å². The number of fused-ring (bicyclic) bond motifs is 1. The number of aryl methyl sites for hydroxylation is 2. The molecule has 0 atom stereocenters. The highest BCUT2D eigenvalue weighted by Gasteiger charge is 2.06. The highest BCUT2D eigenvalue weighted by atomic mass is 32.1. The minimum atomic E-state index is -0.0674. The van der Waals surface area contributed by atoms with E-state index in [0.717, 1.165) is 16.2 Å². The molecule has 0 aliphatic rings. The molecule has 2 aromatic heterocycles. The summed E-state index contributed by atoms with van der Waals surface area (Å²) in [6, 6.07) is 9.33. The number of hydrogen-bond acceptors (Lipinski definition) is 4. The molecule has 20 heavy (non-hydrogen) atoms. The van der Waals surface area contributed by atoms with E-state index in [1.54, 1.807) is 10.6 Å². The standard InChI is InChI=1S/C15H14N2O2S/c1-10-4-3-5-13(6-10)19-9-12-7-14(18)17-8-11(2)20-15(17)16-12/h3-8H,9H2,1-2H3. The lowest BCUT2D eigenvalue weighted by Crippen LogP contribution is -2.14. The zero-order chi connectivity index (χ0) is 14.1. The van der Waals surface area contributed by atoms with Crippen LogP contribution in [-0.4, -0.2) is 9.38 Å². The van der Waals surface area contributed by atoms with Gasteiger partial charge in [0.1, 0.15) is 12.4 Å². The Morgan fingerprint density at radius 3 is 2.95 bits per heavy atom. The van der Waals surface area contributed by atoms with Gasteiger partial charge in [-0.2, -0.15) is 0 Å². The molecule has 3 aromatic rings. The summed E-state index contributed by atoms with van der Waals surface area (Å²) in [6.07, 6.45) is 1.81. The first-order valence-corrected chi connectivity index (χ1v) is 7.12. The van der Waals surface area contributed by atoms with E-state index in [1.165, 1.54) is 17.4 Å². The Hall–Kier alpha value is -2.14. The molecule has 0 spiro atoms. The SMILES string of the molecule is Cc1cccc(OCc2cc(=O)n3cc(C)sc3n2)c1. The summed E-state index contributed by atoms with van der Waals surface area (Å²) in [7, 11) is 0. The monoisotopic (exact) mass is 286 g/mol. The third-order valence-corrected chi connectivity index (χ3v) is 3.81. The number of ether oxygens (including phenoxy) is 1. The van der Waals surface area contributed by atoms with Crippen LogP contribution in [0.3, 0.4) is 0 Å². The molecule has 0 fully saturated rings. The van der Waals surface area contributed by atoms with E-state index in [-0.39, 0.29) is 5.56 Å². The van der Waals surface area contributed by atoms with E-state index in [2.05, 4.69) is 4.98 Å². The van der Waals surface area contributed by atoms with Crippen LogP contribution < -0.4 is 10.3 Å². The second-order valence-electron chi connectivity index (χ2n) is 4.69. The van der Waals surface area contributed by atoms with Gasteiger partial charge < -0.3 is 4.74 Å². The molecule has 0 amide bonds. The number of benzene rings is 1. The average Bonchev–Trinajstić information content (AvgIpc) is 2.78. The number of nitrogens with zero attached hydrogens (tertiary/aromatic N) is 2. The van der Waals surface area contributed by atoms with Crippen LogP contribution in [0.4, 0.5) is 0 Å². The van der Waals surface area contributed by atoms with E-state index < -0.39 is 0 Å². The fraction of sp³-hybridized carbons (Fsp3) is 0.200. The van der Waals surface area contributed by atoms with Gasteiger partial charge in [0, 0.05) is 17.1 Å². The summed E-state index contributed by atoms with van der Waals surface area (Å²) in [5.74, 6) is 0.786. The van der Waals surface area contributed by atoms with Crippen LogP contribution in [0.2, 0.25) is 0 Å². The van der Waals surface area contributed by atoms with Gasteiger partial charge in [-0.15, -0.1) is 11.3 Å². The predicted octanol–water partition coefficient (Wildman–Crippen LogP) is 2.95. The normalized spacial score (nSPS) is 10.9. The fourth-order valence-electron chi connectivity index (χ4n) is 1.99. The lowest BCUT2D eigenvalue weighted by atomic mass is 10.2. The molecule has 4 nitrogen and oxygen atoms in total. The van der Waals surface area contributed by atoms with Gasteiger partial charge in [0.25, 0.3) is 5.56 Å². The van der Waals surface area contributed by atoms with Crippen molar-refractivity contribution >= 4 is 16.3 Å². The second-order valence-corrected chi connectivity index (χ2v) is 5.90. The second kappa shape index (κ2) is 5.09. The number of thiazole rings is 1. The Morgan fingerprint density at radius 1 is 1.30 bits per heavy atom. The molecular weight excluding hydrogens is 272 g/mol. The van der Waals surface area contributed by atoms with Crippen molar-refractivity contribution < 1.29 is 4.74 Å². The van der Waals surface area contributed by atoms with Crippen LogP contribution in [0.5, 0.6) is 5.75 Å². The summed E-state index contributed by atoms with van der Waals surface area (Å²) in [5, 5.41) is 0. The molecule has 5 heteroatoms. The van der Waals surface area contributed by atoms with Crippen molar-refractivity contribution in [3.63, 3.8) is 0 Å². The van der Waals surface area contributed by atoms with Gasteiger partial charge in [0.05, 0.1) is 5.69 Å². The lowest BCUT2D eigenvalue weighted by molar-refractivity contribution is 0.301. The zero-order valence-electron chi connectivity index (χ0n) is 11.3. The van der Waals surface area contributed by atoms with Gasteiger partial charge in [0.2, 0.25) is 0 Å². The Morgan fingerprint density at radius 2 is 2.15 bits per heavy atom. The van der Waals surface area contributed by atoms with Crippen LogP contribution in [0, 0.1) is 13.8 Å². The smallest absolute Gasteiger partial charge is 0.258 e. The van der Waals surface area contributed by atoms with Gasteiger partial charge in [-0.05, 0) is 31.5 Å². The molecular formula is C15H14N2O2S. The maximum absolute atomic E-state index is 12.0. The quantitative estimate of drug-likeness (QED) is 0.743. The van der Waals surface area contributed by atoms with Crippen molar-refractivity contribution in [2.75, 3.05) is 0 Å². The third kappa shape index (κ3) is 2.58. The van der Waals surface area contributed by atoms with Crippen molar-refractivity contribution in [1.29, 1.82) is 0 Å². The average molecular weight is 286 g/mol. The third-order valence-electron chi connectivity index (χ3n) is 2.91. The molecule has 0 bridgehead atoms. The first-order chi connectivity index (χ1) is 9.61. The maximum atomic E-state index is 12.0. The Kier molecular flexibility index (Phi) is 3.28. The molecule has 0 unspecified atom stereocenters. The van der Waals surface area contributed by atoms with E-state index in [4.69, 9.17) is 4.74 Å². The van der Waals surface area contributed by atoms with Crippen LogP contribution in [0.1, 0.15) is 16.1 Å². The summed E-state index contributed by atoms with van der Waals surface area (Å²) in [6.45, 7) is 4.27. The van der Waals surface area contributed by atoms with E-state index in [0.29, 0.717) is 17.3 Å². The van der Waals surface area contributed by atoms with Crippen molar-refractivity contribution in [3.8, 4) is 5.75 Å². The van der Waals surface area contributed by atoms with Gasteiger partial charge in [0.15, 0.2) is 4.96 Å².